The van der Waals surface area contributed by atoms with E-state index in [4.69, 9.17) is 14.2 Å². The van der Waals surface area contributed by atoms with Gasteiger partial charge in [-0.3, -0.25) is 18.9 Å². The Labute approximate surface area is 312 Å². The van der Waals surface area contributed by atoms with E-state index in [9.17, 15) is 18.8 Å². The number of amides is 1. The molecule has 1 saturated heterocycles. The van der Waals surface area contributed by atoms with Crippen molar-refractivity contribution in [1.29, 1.82) is 0 Å². The number of hydrogen-bond donors (Lipinski definition) is 1. The third-order valence-electron chi connectivity index (χ3n) is 9.99. The van der Waals surface area contributed by atoms with Crippen LogP contribution in [0.1, 0.15) is 200 Å². The van der Waals surface area contributed by atoms with Gasteiger partial charge in [0.15, 0.2) is 6.10 Å². The molecule has 0 aliphatic carbocycles. The van der Waals surface area contributed by atoms with E-state index in [1.54, 1.807) is 0 Å². The van der Waals surface area contributed by atoms with Gasteiger partial charge < -0.3 is 19.5 Å². The normalized spacial score (nSPS) is 13.3. The second kappa shape index (κ2) is 35.1. The standard InChI is InChI=1S/C42H79FN2O6/c1-3-5-7-9-11-13-15-17-19-21-23-25-27-30-40(46)49-36-39(51-42(48)44-38-34-45(35-38)33-29-32-43)37-50-41(47)31-28-26-24-22-20-18-16-14-12-10-8-6-4-2/h38-39H,3-37H2,1-2H3,(H,44,48). The van der Waals surface area contributed by atoms with Crippen LogP contribution in [-0.4, -0.2) is 74.6 Å². The smallest absolute Gasteiger partial charge is 0.407 e. The number of halogens is 1. The summed E-state index contributed by atoms with van der Waals surface area (Å²) in [5.74, 6) is -0.652. The number of esters is 2. The van der Waals surface area contributed by atoms with E-state index >= 15 is 0 Å². The van der Waals surface area contributed by atoms with E-state index < -0.39 is 12.2 Å². The lowest BCUT2D eigenvalue weighted by atomic mass is 10.0. The molecule has 9 heteroatoms. The number of carbonyl (C=O) groups excluding carboxylic acids is 3. The van der Waals surface area contributed by atoms with Gasteiger partial charge in [0.1, 0.15) is 13.2 Å². The van der Waals surface area contributed by atoms with Crippen molar-refractivity contribution in [2.45, 2.75) is 212 Å². The molecule has 0 radical (unpaired) electrons. The maximum Gasteiger partial charge on any atom is 0.407 e. The lowest BCUT2D eigenvalue weighted by Gasteiger charge is -2.39. The first-order chi connectivity index (χ1) is 25.0. The molecule has 0 atom stereocenters. The molecule has 1 aliphatic rings. The molecule has 0 unspecified atom stereocenters. The molecule has 0 aromatic carbocycles. The zero-order chi connectivity index (χ0) is 37.0. The van der Waals surface area contributed by atoms with Gasteiger partial charge in [-0.05, 0) is 19.3 Å². The molecule has 0 saturated carbocycles. The summed E-state index contributed by atoms with van der Waals surface area (Å²) in [7, 11) is 0. The number of nitrogens with zero attached hydrogens (tertiary/aromatic N) is 1. The Hall–Kier alpha value is -1.90. The third kappa shape index (κ3) is 30.3. The molecule has 0 aromatic rings. The van der Waals surface area contributed by atoms with E-state index in [0.29, 0.717) is 38.9 Å². The van der Waals surface area contributed by atoms with Crippen LogP contribution in [0.25, 0.3) is 0 Å². The summed E-state index contributed by atoms with van der Waals surface area (Å²) in [6.07, 6.45) is 31.8. The van der Waals surface area contributed by atoms with Crippen molar-refractivity contribution in [3.05, 3.63) is 0 Å². The minimum Gasteiger partial charge on any atom is -0.462 e. The summed E-state index contributed by atoms with van der Waals surface area (Å²) in [6, 6.07) is -0.0750. The van der Waals surface area contributed by atoms with Crippen molar-refractivity contribution in [3.8, 4) is 0 Å². The number of alkyl carbamates (subject to hydrolysis) is 1. The lowest BCUT2D eigenvalue weighted by Crippen LogP contribution is -2.59. The molecule has 300 valence electrons. The van der Waals surface area contributed by atoms with Crippen LogP contribution in [0, 0.1) is 0 Å². The van der Waals surface area contributed by atoms with Gasteiger partial charge in [-0.1, -0.05) is 168 Å². The van der Waals surface area contributed by atoms with Gasteiger partial charge >= 0.3 is 18.0 Å². The predicted molar refractivity (Wildman–Crippen MR) is 207 cm³/mol. The highest BCUT2D eigenvalue weighted by atomic mass is 19.1. The first kappa shape index (κ1) is 47.1. The number of unbranched alkanes of at least 4 members (excludes halogenated alkanes) is 24. The molecule has 1 fully saturated rings. The van der Waals surface area contributed by atoms with Crippen molar-refractivity contribution < 1.29 is 33.0 Å². The van der Waals surface area contributed by atoms with E-state index in [2.05, 4.69) is 24.1 Å². The van der Waals surface area contributed by atoms with Crippen LogP contribution in [0.3, 0.4) is 0 Å². The molecule has 0 spiro atoms. The van der Waals surface area contributed by atoms with Gasteiger partial charge in [-0.15, -0.1) is 0 Å². The molecule has 1 rings (SSSR count). The second-order valence-electron chi connectivity index (χ2n) is 15.0. The zero-order valence-electron chi connectivity index (χ0n) is 33.2. The number of ether oxygens (including phenoxy) is 3. The van der Waals surface area contributed by atoms with E-state index in [0.717, 1.165) is 38.5 Å². The Morgan fingerprint density at radius 3 is 1.27 bits per heavy atom. The molecule has 0 aromatic heterocycles. The van der Waals surface area contributed by atoms with E-state index in [1.165, 1.54) is 128 Å². The highest BCUT2D eigenvalue weighted by molar-refractivity contribution is 5.70. The molecule has 0 bridgehead atoms. The van der Waals surface area contributed by atoms with Gasteiger partial charge in [0, 0.05) is 32.5 Å². The highest BCUT2D eigenvalue weighted by Crippen LogP contribution is 2.15. The number of nitrogens with one attached hydrogen (secondary N) is 1. The Balaban J connectivity index is 2.24. The highest BCUT2D eigenvalue weighted by Gasteiger charge is 2.29. The summed E-state index contributed by atoms with van der Waals surface area (Å²) in [4.78, 5) is 39.6. The maximum absolute atomic E-state index is 12.6. The number of rotatable bonds is 37. The molecule has 1 aliphatic heterocycles. The summed E-state index contributed by atoms with van der Waals surface area (Å²) in [6.45, 7) is 5.80. The molecule has 8 nitrogen and oxygen atoms in total. The van der Waals surface area contributed by atoms with Gasteiger partial charge in [-0.25, -0.2) is 4.79 Å². The monoisotopic (exact) mass is 727 g/mol. The molecule has 51 heavy (non-hydrogen) atoms. The number of alkyl halides is 1. The summed E-state index contributed by atoms with van der Waals surface area (Å²) in [5, 5.41) is 2.81. The zero-order valence-corrected chi connectivity index (χ0v) is 33.2. The van der Waals surface area contributed by atoms with Crippen LogP contribution in [-0.2, 0) is 23.8 Å². The van der Waals surface area contributed by atoms with Crippen LogP contribution in [0.5, 0.6) is 0 Å². The summed E-state index contributed by atoms with van der Waals surface area (Å²) >= 11 is 0. The molecule has 1 amide bonds. The van der Waals surface area contributed by atoms with Gasteiger partial charge in [0.25, 0.3) is 0 Å². The third-order valence-corrected chi connectivity index (χ3v) is 9.99. The minimum absolute atomic E-state index is 0.0750. The molecule has 1 N–H and O–H groups in total. The van der Waals surface area contributed by atoms with E-state index in [1.807, 2.05) is 0 Å². The quantitative estimate of drug-likeness (QED) is 0.0387. The number of hydrogen-bond acceptors (Lipinski definition) is 7. The van der Waals surface area contributed by atoms with Gasteiger partial charge in [0.05, 0.1) is 12.7 Å². The molecular weight excluding hydrogens is 647 g/mol. The number of likely N-dealkylation sites (tertiary alicyclic amines) is 1. The topological polar surface area (TPSA) is 94.2 Å². The van der Waals surface area contributed by atoms with Crippen LogP contribution < -0.4 is 5.32 Å². The fourth-order valence-corrected chi connectivity index (χ4v) is 6.69. The largest absolute Gasteiger partial charge is 0.462 e. The minimum atomic E-state index is -0.876. The first-order valence-corrected chi connectivity index (χ1v) is 21.5. The first-order valence-electron chi connectivity index (χ1n) is 21.5. The molecule has 1 heterocycles. The van der Waals surface area contributed by atoms with Crippen molar-refractivity contribution in [2.75, 3.05) is 39.5 Å². The van der Waals surface area contributed by atoms with E-state index in [-0.39, 0.29) is 37.9 Å². The predicted octanol–water partition coefficient (Wildman–Crippen LogP) is 11.2. The Morgan fingerprint density at radius 2 is 0.922 bits per heavy atom. The summed E-state index contributed by atoms with van der Waals surface area (Å²) < 4.78 is 28.9. The van der Waals surface area contributed by atoms with Gasteiger partial charge in [0.2, 0.25) is 0 Å². The van der Waals surface area contributed by atoms with Crippen molar-refractivity contribution in [1.82, 2.24) is 10.2 Å². The fourth-order valence-electron chi connectivity index (χ4n) is 6.69. The van der Waals surface area contributed by atoms with Gasteiger partial charge in [-0.2, -0.15) is 0 Å². The average molecular weight is 727 g/mol. The van der Waals surface area contributed by atoms with Crippen LogP contribution >= 0.6 is 0 Å². The SMILES string of the molecule is CCCCCCCCCCCCCCCC(=O)OCC(COC(=O)CCCCCCCCCCCCCCC)OC(=O)NC1CN(CCCF)C1. The Morgan fingerprint density at radius 1 is 0.569 bits per heavy atom. The van der Waals surface area contributed by atoms with Crippen LogP contribution in [0.2, 0.25) is 0 Å². The Bertz CT molecular complexity index is 779. The van der Waals surface area contributed by atoms with Crippen molar-refractivity contribution in [2.24, 2.45) is 0 Å². The van der Waals surface area contributed by atoms with Crippen molar-refractivity contribution >= 4 is 18.0 Å². The Kier molecular flexibility index (Phi) is 32.5. The fraction of sp³-hybridized carbons (Fsp3) is 0.929. The van der Waals surface area contributed by atoms with Crippen LogP contribution in [0.15, 0.2) is 0 Å². The average Bonchev–Trinajstić information content (AvgIpc) is 3.10. The maximum atomic E-state index is 12.6. The second-order valence-corrected chi connectivity index (χ2v) is 15.0. The van der Waals surface area contributed by atoms with Crippen molar-refractivity contribution in [3.63, 3.8) is 0 Å². The molecular formula is C42H79FN2O6. The summed E-state index contributed by atoms with van der Waals surface area (Å²) in [5.41, 5.74) is 0. The van der Waals surface area contributed by atoms with Crippen LogP contribution in [0.4, 0.5) is 9.18 Å². The lowest BCUT2D eigenvalue weighted by molar-refractivity contribution is -0.152. The number of carbonyl (C=O) groups is 3.